The molecule has 0 aliphatic heterocycles. The van der Waals surface area contributed by atoms with Crippen molar-refractivity contribution in [2.24, 2.45) is 0 Å². The molecule has 0 bridgehead atoms. The van der Waals surface area contributed by atoms with E-state index in [1.165, 1.54) is 11.3 Å². The number of aromatic nitrogens is 1. The van der Waals surface area contributed by atoms with Gasteiger partial charge in [-0.15, -0.1) is 6.58 Å². The van der Waals surface area contributed by atoms with E-state index < -0.39 is 0 Å². The first-order valence-corrected chi connectivity index (χ1v) is 5.76. The summed E-state index contributed by atoms with van der Waals surface area (Å²) in [5.41, 5.74) is 2.49. The van der Waals surface area contributed by atoms with Crippen LogP contribution in [0, 0.1) is 0 Å². The molecule has 1 heterocycles. The third-order valence-corrected chi connectivity index (χ3v) is 2.43. The molecule has 1 N–H and O–H groups in total. The molecule has 0 fully saturated rings. The van der Waals surface area contributed by atoms with Crippen molar-refractivity contribution in [3.05, 3.63) is 36.7 Å². The highest BCUT2D eigenvalue weighted by Gasteiger charge is 2.08. The smallest absolute Gasteiger partial charge is 0.0445 e. The second kappa shape index (κ2) is 7.01. The van der Waals surface area contributed by atoms with E-state index in [4.69, 9.17) is 0 Å². The van der Waals surface area contributed by atoms with Crippen LogP contribution in [-0.2, 0) is 6.54 Å². The van der Waals surface area contributed by atoms with Gasteiger partial charge in [-0.25, -0.2) is 0 Å². The molecule has 88 valence electrons. The van der Waals surface area contributed by atoms with Gasteiger partial charge in [0.2, 0.25) is 0 Å². The number of hydrogen-bond donors (Lipinski definition) is 1. The number of nitrogens with zero attached hydrogens (tertiary/aromatic N) is 2. The van der Waals surface area contributed by atoms with Crippen molar-refractivity contribution >= 4 is 5.69 Å². The topological polar surface area (TPSA) is 28.2 Å². The van der Waals surface area contributed by atoms with Crippen molar-refractivity contribution in [1.29, 1.82) is 0 Å². The molecule has 0 spiro atoms. The van der Waals surface area contributed by atoms with E-state index in [1.54, 1.807) is 0 Å². The van der Waals surface area contributed by atoms with Crippen molar-refractivity contribution in [2.45, 2.75) is 19.9 Å². The molecule has 0 saturated heterocycles. The maximum Gasteiger partial charge on any atom is 0.0445 e. The van der Waals surface area contributed by atoms with Gasteiger partial charge in [-0.3, -0.25) is 4.98 Å². The van der Waals surface area contributed by atoms with E-state index in [0.717, 1.165) is 26.1 Å². The molecule has 0 amide bonds. The van der Waals surface area contributed by atoms with Crippen LogP contribution in [0.15, 0.2) is 31.1 Å². The highest BCUT2D eigenvalue weighted by atomic mass is 15.1. The van der Waals surface area contributed by atoms with Crippen LogP contribution < -0.4 is 10.2 Å². The van der Waals surface area contributed by atoms with Gasteiger partial charge in [-0.1, -0.05) is 13.0 Å². The SMILES string of the molecule is C=CCN(CCC)c1ccncc1CNC. The molecule has 0 atom stereocenters. The third kappa shape index (κ3) is 3.35. The Bertz CT molecular complexity index is 323. The minimum Gasteiger partial charge on any atom is -0.367 e. The van der Waals surface area contributed by atoms with Crippen LogP contribution in [0.25, 0.3) is 0 Å². The fourth-order valence-electron chi connectivity index (χ4n) is 1.79. The van der Waals surface area contributed by atoms with Gasteiger partial charge >= 0.3 is 0 Å². The van der Waals surface area contributed by atoms with Crippen LogP contribution in [0.5, 0.6) is 0 Å². The maximum absolute atomic E-state index is 4.17. The number of rotatable bonds is 7. The van der Waals surface area contributed by atoms with Crippen molar-refractivity contribution in [2.75, 3.05) is 25.0 Å². The average molecular weight is 219 g/mol. The Morgan fingerprint density at radius 1 is 1.56 bits per heavy atom. The molecule has 1 aromatic heterocycles. The summed E-state index contributed by atoms with van der Waals surface area (Å²) >= 11 is 0. The summed E-state index contributed by atoms with van der Waals surface area (Å²) in [6.07, 6.45) is 6.85. The maximum atomic E-state index is 4.17. The van der Waals surface area contributed by atoms with Gasteiger partial charge in [0, 0.05) is 43.3 Å². The molecule has 3 nitrogen and oxygen atoms in total. The van der Waals surface area contributed by atoms with Crippen molar-refractivity contribution in [3.63, 3.8) is 0 Å². The minimum atomic E-state index is 0.848. The van der Waals surface area contributed by atoms with E-state index in [9.17, 15) is 0 Å². The summed E-state index contributed by atoms with van der Waals surface area (Å²) in [5.74, 6) is 0. The largest absolute Gasteiger partial charge is 0.367 e. The number of hydrogen-bond acceptors (Lipinski definition) is 3. The van der Waals surface area contributed by atoms with Crippen LogP contribution in [0.4, 0.5) is 5.69 Å². The fraction of sp³-hybridized carbons (Fsp3) is 0.462. The summed E-state index contributed by atoms with van der Waals surface area (Å²) in [6.45, 7) is 8.78. The molecular formula is C13H21N3. The Morgan fingerprint density at radius 2 is 2.38 bits per heavy atom. The highest BCUT2D eigenvalue weighted by molar-refractivity contribution is 5.52. The van der Waals surface area contributed by atoms with Crippen LogP contribution >= 0.6 is 0 Å². The van der Waals surface area contributed by atoms with Crippen molar-refractivity contribution < 1.29 is 0 Å². The summed E-state index contributed by atoms with van der Waals surface area (Å²) in [4.78, 5) is 6.51. The van der Waals surface area contributed by atoms with Gasteiger partial charge in [0.25, 0.3) is 0 Å². The first-order chi connectivity index (χ1) is 7.83. The van der Waals surface area contributed by atoms with Crippen LogP contribution in [0.1, 0.15) is 18.9 Å². The lowest BCUT2D eigenvalue weighted by molar-refractivity contribution is 0.777. The summed E-state index contributed by atoms with van der Waals surface area (Å²) in [6, 6.07) is 2.08. The third-order valence-electron chi connectivity index (χ3n) is 2.43. The van der Waals surface area contributed by atoms with Gasteiger partial charge in [0.1, 0.15) is 0 Å². The first kappa shape index (κ1) is 12.7. The van der Waals surface area contributed by atoms with Crippen LogP contribution in [0.2, 0.25) is 0 Å². The Morgan fingerprint density at radius 3 is 3.00 bits per heavy atom. The summed E-state index contributed by atoms with van der Waals surface area (Å²) < 4.78 is 0. The van der Waals surface area contributed by atoms with Gasteiger partial charge in [-0.05, 0) is 19.5 Å². The number of anilines is 1. The second-order valence-corrected chi connectivity index (χ2v) is 3.77. The van der Waals surface area contributed by atoms with Gasteiger partial charge in [-0.2, -0.15) is 0 Å². The molecule has 0 saturated carbocycles. The van der Waals surface area contributed by atoms with E-state index in [0.29, 0.717) is 0 Å². The molecule has 0 aliphatic rings. The van der Waals surface area contributed by atoms with Crippen LogP contribution in [0.3, 0.4) is 0 Å². The fourth-order valence-corrected chi connectivity index (χ4v) is 1.79. The lowest BCUT2D eigenvalue weighted by atomic mass is 10.2. The molecule has 1 rings (SSSR count). The molecule has 1 aromatic rings. The lowest BCUT2D eigenvalue weighted by Gasteiger charge is -2.25. The summed E-state index contributed by atoms with van der Waals surface area (Å²) in [5, 5.41) is 3.17. The highest BCUT2D eigenvalue weighted by Crippen LogP contribution is 2.19. The van der Waals surface area contributed by atoms with E-state index in [1.807, 2.05) is 25.5 Å². The Balaban J connectivity index is 2.92. The van der Waals surface area contributed by atoms with Gasteiger partial charge in [0.05, 0.1) is 0 Å². The average Bonchev–Trinajstić information content (AvgIpc) is 2.30. The van der Waals surface area contributed by atoms with Crippen LogP contribution in [-0.4, -0.2) is 25.1 Å². The summed E-state index contributed by atoms with van der Waals surface area (Å²) in [7, 11) is 1.95. The van der Waals surface area contributed by atoms with Gasteiger partial charge < -0.3 is 10.2 Å². The molecule has 0 aliphatic carbocycles. The van der Waals surface area contributed by atoms with E-state index >= 15 is 0 Å². The molecule has 0 aromatic carbocycles. The van der Waals surface area contributed by atoms with Crippen molar-refractivity contribution in [3.8, 4) is 0 Å². The Hall–Kier alpha value is -1.35. The van der Waals surface area contributed by atoms with Gasteiger partial charge in [0.15, 0.2) is 0 Å². The normalized spacial score (nSPS) is 10.1. The Kier molecular flexibility index (Phi) is 5.57. The lowest BCUT2D eigenvalue weighted by Crippen LogP contribution is -2.26. The number of pyridine rings is 1. The molecule has 0 radical (unpaired) electrons. The molecule has 3 heteroatoms. The first-order valence-electron chi connectivity index (χ1n) is 5.76. The van der Waals surface area contributed by atoms with E-state index in [2.05, 4.69) is 34.8 Å². The van der Waals surface area contributed by atoms with E-state index in [-0.39, 0.29) is 0 Å². The monoisotopic (exact) mass is 219 g/mol. The molecule has 16 heavy (non-hydrogen) atoms. The zero-order valence-electron chi connectivity index (χ0n) is 10.2. The minimum absolute atomic E-state index is 0.848. The second-order valence-electron chi connectivity index (χ2n) is 3.77. The molecular weight excluding hydrogens is 198 g/mol. The number of nitrogens with one attached hydrogen (secondary N) is 1. The Labute approximate surface area is 98.2 Å². The predicted octanol–water partition coefficient (Wildman–Crippen LogP) is 2.20. The molecule has 0 unspecified atom stereocenters. The zero-order valence-corrected chi connectivity index (χ0v) is 10.2. The predicted molar refractivity (Wildman–Crippen MR) is 69.7 cm³/mol. The quantitative estimate of drug-likeness (QED) is 0.713. The van der Waals surface area contributed by atoms with Crippen molar-refractivity contribution in [1.82, 2.24) is 10.3 Å². The zero-order chi connectivity index (χ0) is 11.8. The standard InChI is InChI=1S/C13H21N3/c1-4-8-16(9-5-2)13-6-7-15-11-12(13)10-14-3/h4,6-7,11,14H,1,5,8-10H2,2-3H3.